The van der Waals surface area contributed by atoms with Gasteiger partial charge < -0.3 is 25.0 Å². The van der Waals surface area contributed by atoms with Crippen molar-refractivity contribution >= 4 is 17.7 Å². The molecule has 230 valence electrons. The average molecular weight is 574 g/mol. The maximum atomic E-state index is 12.5. The first-order valence-corrected chi connectivity index (χ1v) is 16.1. The number of hydrogen-bond acceptors (Lipinski definition) is 7. The van der Waals surface area contributed by atoms with Crippen LogP contribution in [0.1, 0.15) is 104 Å². The zero-order valence-corrected chi connectivity index (χ0v) is 25.3. The van der Waals surface area contributed by atoms with E-state index in [9.17, 15) is 24.6 Å². The standard InChI is InChI=1S/C33H51NO7/c1-31-14-12-24(40-20-23(35)8-6-4-5-7-9-29(37)34-3)17-22(31)10-11-26-27(31)18-28(36)32(2)25(13-15-33(26,32)39)21-16-30(38)41-19-21/h16,22,24-28,36,39H,4-15,17-20H2,1-3H3,(H,34,37)/t22?,24-,25+,26?,27?,28+,31-,32-,33-/m0/s1. The van der Waals surface area contributed by atoms with Crippen LogP contribution in [-0.4, -0.2) is 65.9 Å². The second-order valence-electron chi connectivity index (χ2n) is 14.2. The predicted molar refractivity (Wildman–Crippen MR) is 154 cm³/mol. The third-order valence-corrected chi connectivity index (χ3v) is 12.4. The van der Waals surface area contributed by atoms with E-state index in [1.807, 2.05) is 0 Å². The van der Waals surface area contributed by atoms with Crippen LogP contribution in [0.3, 0.4) is 0 Å². The smallest absolute Gasteiger partial charge is 0.331 e. The Kier molecular flexibility index (Phi) is 9.04. The van der Waals surface area contributed by atoms with E-state index in [0.717, 1.165) is 69.8 Å². The van der Waals surface area contributed by atoms with E-state index in [1.54, 1.807) is 13.1 Å². The molecular weight excluding hydrogens is 522 g/mol. The van der Waals surface area contributed by atoms with Crippen LogP contribution in [0.15, 0.2) is 11.6 Å². The molecule has 1 amide bonds. The highest BCUT2D eigenvalue weighted by Gasteiger charge is 2.70. The number of nitrogens with one attached hydrogen (secondary N) is 1. The normalized spacial score (nSPS) is 41.6. The van der Waals surface area contributed by atoms with Crippen LogP contribution in [0.2, 0.25) is 0 Å². The number of esters is 1. The van der Waals surface area contributed by atoms with Gasteiger partial charge in [0, 0.05) is 31.4 Å². The molecule has 1 heterocycles. The number of fused-ring (bicyclic) bond motifs is 5. The number of aliphatic hydroxyl groups excluding tert-OH is 1. The van der Waals surface area contributed by atoms with E-state index in [0.29, 0.717) is 31.6 Å². The minimum Gasteiger partial charge on any atom is -0.458 e. The molecule has 4 saturated carbocycles. The van der Waals surface area contributed by atoms with Gasteiger partial charge in [0.15, 0.2) is 5.78 Å². The Morgan fingerprint density at radius 3 is 2.49 bits per heavy atom. The number of ether oxygens (including phenoxy) is 2. The average Bonchev–Trinajstić information content (AvgIpc) is 3.50. The number of carbonyl (C=O) groups excluding carboxylic acids is 3. The maximum absolute atomic E-state index is 12.5. The number of cyclic esters (lactones) is 1. The molecule has 8 nitrogen and oxygen atoms in total. The number of aliphatic hydroxyl groups is 2. The Morgan fingerprint density at radius 2 is 1.78 bits per heavy atom. The molecule has 4 aliphatic carbocycles. The van der Waals surface area contributed by atoms with E-state index < -0.39 is 17.1 Å². The van der Waals surface area contributed by atoms with Gasteiger partial charge in [-0.3, -0.25) is 9.59 Å². The quantitative estimate of drug-likeness (QED) is 0.249. The van der Waals surface area contributed by atoms with Gasteiger partial charge in [0.2, 0.25) is 5.91 Å². The van der Waals surface area contributed by atoms with Crippen molar-refractivity contribution in [2.24, 2.45) is 34.5 Å². The summed E-state index contributed by atoms with van der Waals surface area (Å²) in [4.78, 5) is 35.6. The third kappa shape index (κ3) is 5.53. The molecule has 1 aliphatic heterocycles. The number of amides is 1. The van der Waals surface area contributed by atoms with E-state index in [4.69, 9.17) is 9.47 Å². The second kappa shape index (κ2) is 12.1. The molecule has 5 aliphatic rings. The fourth-order valence-electron chi connectivity index (χ4n) is 9.87. The van der Waals surface area contributed by atoms with Gasteiger partial charge in [-0.15, -0.1) is 0 Å². The summed E-state index contributed by atoms with van der Waals surface area (Å²) < 4.78 is 11.4. The van der Waals surface area contributed by atoms with Gasteiger partial charge in [-0.05, 0) is 98.9 Å². The Hall–Kier alpha value is -1.77. The minimum absolute atomic E-state index is 0.0310. The largest absolute Gasteiger partial charge is 0.458 e. The summed E-state index contributed by atoms with van der Waals surface area (Å²) >= 11 is 0. The summed E-state index contributed by atoms with van der Waals surface area (Å²) in [6, 6.07) is 0. The first-order chi connectivity index (χ1) is 19.5. The van der Waals surface area contributed by atoms with Crippen molar-refractivity contribution in [2.75, 3.05) is 20.3 Å². The summed E-state index contributed by atoms with van der Waals surface area (Å²) in [5.41, 5.74) is -0.674. The van der Waals surface area contributed by atoms with Gasteiger partial charge in [0.25, 0.3) is 0 Å². The lowest BCUT2D eigenvalue weighted by Crippen LogP contribution is -2.67. The summed E-state index contributed by atoms with van der Waals surface area (Å²) in [5, 5.41) is 26.7. The molecular formula is C33H51NO7. The van der Waals surface area contributed by atoms with Crippen molar-refractivity contribution in [1.82, 2.24) is 5.32 Å². The lowest BCUT2D eigenvalue weighted by atomic mass is 9.42. The molecule has 3 N–H and O–H groups in total. The van der Waals surface area contributed by atoms with E-state index in [2.05, 4.69) is 19.2 Å². The number of Topliss-reactive ketones (excluding diaryl/α,β-unsaturated/α-hetero) is 1. The fraction of sp³-hybridized carbons (Fsp3) is 0.848. The number of carbonyl (C=O) groups is 3. The van der Waals surface area contributed by atoms with Crippen LogP contribution in [0.4, 0.5) is 0 Å². The molecule has 0 aromatic heterocycles. The van der Waals surface area contributed by atoms with Crippen molar-refractivity contribution in [2.45, 2.75) is 122 Å². The molecule has 5 rings (SSSR count). The summed E-state index contributed by atoms with van der Waals surface area (Å²) in [5.74, 6) is 0.712. The van der Waals surface area contributed by atoms with Gasteiger partial charge in [-0.2, -0.15) is 0 Å². The van der Waals surface area contributed by atoms with Gasteiger partial charge in [-0.25, -0.2) is 4.79 Å². The number of unbranched alkanes of at least 4 members (excludes halogenated alkanes) is 3. The molecule has 41 heavy (non-hydrogen) atoms. The Morgan fingerprint density at radius 1 is 1.02 bits per heavy atom. The second-order valence-corrected chi connectivity index (χ2v) is 14.2. The molecule has 0 saturated heterocycles. The topological polar surface area (TPSA) is 122 Å². The van der Waals surface area contributed by atoms with E-state index in [1.165, 1.54) is 0 Å². The first kappa shape index (κ1) is 30.7. The zero-order valence-electron chi connectivity index (χ0n) is 25.3. The van der Waals surface area contributed by atoms with Crippen molar-refractivity contribution in [3.05, 3.63) is 11.6 Å². The summed E-state index contributed by atoms with van der Waals surface area (Å²) in [7, 11) is 1.65. The maximum Gasteiger partial charge on any atom is 0.331 e. The van der Waals surface area contributed by atoms with Crippen molar-refractivity contribution in [3.8, 4) is 0 Å². The molecule has 9 atom stereocenters. The van der Waals surface area contributed by atoms with Crippen LogP contribution in [-0.2, 0) is 23.9 Å². The highest BCUT2D eigenvalue weighted by Crippen LogP contribution is 2.70. The molecule has 0 aromatic rings. The molecule has 4 fully saturated rings. The lowest BCUT2D eigenvalue weighted by Gasteiger charge is -2.65. The molecule has 0 radical (unpaired) electrons. The third-order valence-electron chi connectivity index (χ3n) is 12.4. The van der Waals surface area contributed by atoms with Gasteiger partial charge in [-0.1, -0.05) is 26.7 Å². The highest BCUT2D eigenvalue weighted by atomic mass is 16.5. The van der Waals surface area contributed by atoms with E-state index >= 15 is 0 Å². The van der Waals surface area contributed by atoms with Crippen LogP contribution in [0, 0.1) is 34.5 Å². The molecule has 0 aromatic carbocycles. The number of hydrogen-bond donors (Lipinski definition) is 3. The minimum atomic E-state index is -0.956. The van der Waals surface area contributed by atoms with E-state index in [-0.39, 0.29) is 60.1 Å². The van der Waals surface area contributed by atoms with Crippen molar-refractivity contribution in [1.29, 1.82) is 0 Å². The van der Waals surface area contributed by atoms with Crippen LogP contribution >= 0.6 is 0 Å². The summed E-state index contributed by atoms with van der Waals surface area (Å²) in [6.07, 6.45) is 12.6. The number of rotatable bonds is 11. The fourth-order valence-corrected chi connectivity index (χ4v) is 9.87. The van der Waals surface area contributed by atoms with Gasteiger partial charge in [0.05, 0.1) is 17.8 Å². The van der Waals surface area contributed by atoms with Crippen molar-refractivity contribution < 1.29 is 34.1 Å². The van der Waals surface area contributed by atoms with Crippen LogP contribution in [0.5, 0.6) is 0 Å². The number of ketones is 1. The Balaban J connectivity index is 1.14. The van der Waals surface area contributed by atoms with Gasteiger partial charge >= 0.3 is 5.97 Å². The SMILES string of the molecule is CNC(=O)CCCCCCC(=O)CO[C@H]1CC[C@@]2(C)C(CCC3C2C[C@@H](O)[C@]2(C)[C@@H](C4=CC(=O)OC4)CC[C@]32O)C1. The molecule has 0 spiro atoms. The van der Waals surface area contributed by atoms with Crippen molar-refractivity contribution in [3.63, 3.8) is 0 Å². The predicted octanol–water partition coefficient (Wildman–Crippen LogP) is 4.26. The van der Waals surface area contributed by atoms with Crippen LogP contribution in [0.25, 0.3) is 0 Å². The van der Waals surface area contributed by atoms with Gasteiger partial charge in [0.1, 0.15) is 13.2 Å². The Bertz CT molecular complexity index is 1040. The lowest BCUT2D eigenvalue weighted by molar-refractivity contribution is -0.245. The summed E-state index contributed by atoms with van der Waals surface area (Å²) in [6.45, 7) is 4.88. The first-order valence-electron chi connectivity index (χ1n) is 16.1. The molecule has 0 bridgehead atoms. The highest BCUT2D eigenvalue weighted by molar-refractivity contribution is 5.85. The monoisotopic (exact) mass is 573 g/mol. The van der Waals surface area contributed by atoms with Crippen LogP contribution < -0.4 is 5.32 Å². The Labute approximate surface area is 245 Å². The molecule has 8 heteroatoms. The molecule has 3 unspecified atom stereocenters. The zero-order chi connectivity index (χ0) is 29.4.